The number of carbonyl (C=O) groups is 2. The van der Waals surface area contributed by atoms with Gasteiger partial charge in [-0.15, -0.1) is 0 Å². The molecule has 1 atom stereocenters. The van der Waals surface area contributed by atoms with E-state index in [2.05, 4.69) is 15.9 Å². The number of carbonyl (C=O) groups excluding carboxylic acids is 2. The van der Waals surface area contributed by atoms with E-state index in [0.29, 0.717) is 12.0 Å². The van der Waals surface area contributed by atoms with Gasteiger partial charge in [0.2, 0.25) is 0 Å². The zero-order chi connectivity index (χ0) is 20.9. The Morgan fingerprint density at radius 2 is 1.68 bits per heavy atom. The molecule has 1 unspecified atom stereocenters. The molecule has 28 heavy (non-hydrogen) atoms. The monoisotopic (exact) mass is 446 g/mol. The fraction of sp³-hybridized carbons (Fsp3) is 0.391. The summed E-state index contributed by atoms with van der Waals surface area (Å²) in [4.78, 5) is 24.2. The molecule has 0 bridgehead atoms. The third kappa shape index (κ3) is 5.93. The molecule has 2 rings (SSSR count). The highest BCUT2D eigenvalue weighted by Gasteiger charge is 2.23. The van der Waals surface area contributed by atoms with Gasteiger partial charge in [0.1, 0.15) is 5.60 Å². The number of methoxy groups -OCH3 is 1. The summed E-state index contributed by atoms with van der Waals surface area (Å²) in [6.07, 6.45) is 1.47. The summed E-state index contributed by atoms with van der Waals surface area (Å²) < 4.78 is 11.3. The maximum absolute atomic E-state index is 12.3. The summed E-state index contributed by atoms with van der Waals surface area (Å²) in [5, 5.41) is 0. The van der Waals surface area contributed by atoms with Crippen molar-refractivity contribution in [1.82, 2.24) is 0 Å². The number of ether oxygens (including phenoxy) is 2. The van der Waals surface area contributed by atoms with E-state index in [4.69, 9.17) is 9.47 Å². The van der Waals surface area contributed by atoms with E-state index >= 15 is 0 Å². The molecule has 2 aromatic rings. The fourth-order valence-corrected chi connectivity index (χ4v) is 3.47. The Kier molecular flexibility index (Phi) is 7.41. The van der Waals surface area contributed by atoms with E-state index in [1.807, 2.05) is 64.1 Å². The summed E-state index contributed by atoms with van der Waals surface area (Å²) >= 11 is 3.62. The predicted molar refractivity (Wildman–Crippen MR) is 114 cm³/mol. The number of rotatable bonds is 6. The second kappa shape index (κ2) is 9.37. The van der Waals surface area contributed by atoms with E-state index in [1.54, 1.807) is 6.07 Å². The molecule has 0 aromatic heterocycles. The van der Waals surface area contributed by atoms with Gasteiger partial charge in [0.15, 0.2) is 0 Å². The summed E-state index contributed by atoms with van der Waals surface area (Å²) in [5.41, 5.74) is 3.05. The Labute approximate surface area is 175 Å². The fourth-order valence-electron chi connectivity index (χ4n) is 2.88. The third-order valence-electron chi connectivity index (χ3n) is 4.42. The van der Waals surface area contributed by atoms with Crippen molar-refractivity contribution >= 4 is 27.9 Å². The van der Waals surface area contributed by atoms with Crippen LogP contribution in [0.3, 0.4) is 0 Å². The first-order valence-electron chi connectivity index (χ1n) is 9.30. The van der Waals surface area contributed by atoms with Gasteiger partial charge < -0.3 is 9.47 Å². The molecule has 0 aliphatic carbocycles. The van der Waals surface area contributed by atoms with Crippen molar-refractivity contribution in [2.45, 2.75) is 52.1 Å². The van der Waals surface area contributed by atoms with Gasteiger partial charge in [0.25, 0.3) is 0 Å². The van der Waals surface area contributed by atoms with E-state index < -0.39 is 5.60 Å². The van der Waals surface area contributed by atoms with Gasteiger partial charge in [-0.3, -0.25) is 4.79 Å². The van der Waals surface area contributed by atoms with Gasteiger partial charge >= 0.3 is 11.9 Å². The molecule has 0 N–H and O–H groups in total. The van der Waals surface area contributed by atoms with Gasteiger partial charge in [0.05, 0.1) is 18.6 Å². The molecule has 150 valence electrons. The van der Waals surface area contributed by atoms with Crippen LogP contribution < -0.4 is 0 Å². The van der Waals surface area contributed by atoms with Gasteiger partial charge in [-0.05, 0) is 69.4 Å². The predicted octanol–water partition coefficient (Wildman–Crippen LogP) is 5.47. The van der Waals surface area contributed by atoms with Crippen molar-refractivity contribution in [1.29, 1.82) is 0 Å². The molecule has 0 fully saturated rings. The lowest BCUT2D eigenvalue weighted by atomic mass is 9.96. The minimum Gasteiger partial charge on any atom is -0.465 e. The lowest BCUT2D eigenvalue weighted by Gasteiger charge is -2.22. The maximum atomic E-state index is 12.3. The molecule has 0 heterocycles. The van der Waals surface area contributed by atoms with Gasteiger partial charge in [-0.25, -0.2) is 4.79 Å². The molecule has 0 saturated heterocycles. The second-order valence-electron chi connectivity index (χ2n) is 7.75. The third-order valence-corrected chi connectivity index (χ3v) is 5.16. The van der Waals surface area contributed by atoms with Crippen LogP contribution in [-0.2, 0) is 27.1 Å². The number of hydrogen-bond acceptors (Lipinski definition) is 4. The maximum Gasteiger partial charge on any atom is 0.338 e. The molecule has 0 aliphatic heterocycles. The van der Waals surface area contributed by atoms with Crippen molar-refractivity contribution in [3.63, 3.8) is 0 Å². The minimum absolute atomic E-state index is 0.237. The zero-order valence-corrected chi connectivity index (χ0v) is 18.6. The molecular weight excluding hydrogens is 420 g/mol. The summed E-state index contributed by atoms with van der Waals surface area (Å²) in [6.45, 7) is 7.44. The number of halogens is 1. The topological polar surface area (TPSA) is 52.6 Å². The minimum atomic E-state index is -0.504. The highest BCUT2D eigenvalue weighted by Crippen LogP contribution is 2.27. The van der Waals surface area contributed by atoms with Crippen LogP contribution in [0.5, 0.6) is 0 Å². The Bertz CT molecular complexity index is 852. The lowest BCUT2D eigenvalue weighted by molar-refractivity contribution is -0.156. The first-order chi connectivity index (χ1) is 13.1. The van der Waals surface area contributed by atoms with E-state index in [-0.39, 0.29) is 17.9 Å². The second-order valence-corrected chi connectivity index (χ2v) is 8.61. The Hall–Kier alpha value is -2.14. The van der Waals surface area contributed by atoms with E-state index in [0.717, 1.165) is 27.6 Å². The highest BCUT2D eigenvalue weighted by molar-refractivity contribution is 9.10. The van der Waals surface area contributed by atoms with Crippen molar-refractivity contribution in [3.05, 3.63) is 69.2 Å². The van der Waals surface area contributed by atoms with Crippen LogP contribution in [0.4, 0.5) is 0 Å². The zero-order valence-electron chi connectivity index (χ0n) is 17.0. The molecule has 0 amide bonds. The normalized spacial score (nSPS) is 12.4. The van der Waals surface area contributed by atoms with Crippen LogP contribution >= 0.6 is 15.9 Å². The van der Waals surface area contributed by atoms with Crippen LogP contribution in [0.25, 0.3) is 0 Å². The molecule has 0 radical (unpaired) electrons. The quantitative estimate of drug-likeness (QED) is 0.552. The lowest BCUT2D eigenvalue weighted by Crippen LogP contribution is -2.26. The average molecular weight is 447 g/mol. The molecule has 2 aromatic carbocycles. The van der Waals surface area contributed by atoms with Crippen molar-refractivity contribution in [2.24, 2.45) is 0 Å². The average Bonchev–Trinajstić information content (AvgIpc) is 2.64. The molecule has 0 saturated carbocycles. The Balaban J connectivity index is 2.12. The van der Waals surface area contributed by atoms with E-state index in [1.165, 1.54) is 7.11 Å². The molecule has 0 spiro atoms. The number of esters is 2. The van der Waals surface area contributed by atoms with Gasteiger partial charge in [-0.1, -0.05) is 46.3 Å². The van der Waals surface area contributed by atoms with Crippen LogP contribution in [-0.4, -0.2) is 24.6 Å². The molecule has 0 aliphatic rings. The van der Waals surface area contributed by atoms with Gasteiger partial charge in [0, 0.05) is 4.47 Å². The van der Waals surface area contributed by atoms with Crippen molar-refractivity contribution in [3.8, 4) is 0 Å². The number of aryl methyl sites for hydroxylation is 2. The van der Waals surface area contributed by atoms with E-state index in [9.17, 15) is 9.59 Å². The largest absolute Gasteiger partial charge is 0.465 e. The SMILES string of the molecule is COC(=O)c1ccccc1CCc1ccc(C(C)C(=O)OC(C)(C)C)cc1Br. The number of hydrogen-bond donors (Lipinski definition) is 0. The number of benzene rings is 2. The van der Waals surface area contributed by atoms with Crippen molar-refractivity contribution < 1.29 is 19.1 Å². The summed E-state index contributed by atoms with van der Waals surface area (Å²) in [5.74, 6) is -0.903. The van der Waals surface area contributed by atoms with Gasteiger partial charge in [-0.2, -0.15) is 0 Å². The molecule has 4 nitrogen and oxygen atoms in total. The van der Waals surface area contributed by atoms with Crippen LogP contribution in [0.2, 0.25) is 0 Å². The summed E-state index contributed by atoms with van der Waals surface area (Å²) in [7, 11) is 1.39. The summed E-state index contributed by atoms with van der Waals surface area (Å²) in [6, 6.07) is 13.4. The van der Waals surface area contributed by atoms with Crippen LogP contribution in [0.1, 0.15) is 60.7 Å². The Morgan fingerprint density at radius 3 is 2.29 bits per heavy atom. The first kappa shape index (κ1) is 22.2. The smallest absolute Gasteiger partial charge is 0.338 e. The molecule has 5 heteroatoms. The first-order valence-corrected chi connectivity index (χ1v) is 10.1. The van der Waals surface area contributed by atoms with Crippen LogP contribution in [0, 0.1) is 0 Å². The standard InChI is InChI=1S/C23H27BrO4/c1-15(21(25)28-23(2,3)4)18-13-12-17(20(24)14-18)11-10-16-8-6-7-9-19(16)22(26)27-5/h6-9,12-15H,10-11H2,1-5H3. The van der Waals surface area contributed by atoms with Crippen LogP contribution in [0.15, 0.2) is 46.9 Å². The Morgan fingerprint density at radius 1 is 1.04 bits per heavy atom. The van der Waals surface area contributed by atoms with Crippen molar-refractivity contribution in [2.75, 3.05) is 7.11 Å². The molecular formula is C23H27BrO4. The highest BCUT2D eigenvalue weighted by atomic mass is 79.9.